The molecule has 0 fully saturated rings. The molecule has 0 amide bonds. The number of ether oxygens (including phenoxy) is 1. The number of hydrogen-bond acceptors (Lipinski definition) is 4. The molecule has 0 bridgehead atoms. The van der Waals surface area contributed by atoms with E-state index in [0.717, 1.165) is 5.76 Å². The Hall–Kier alpha value is -1.29. The molecule has 0 aliphatic carbocycles. The molecule has 1 atom stereocenters. The molecule has 1 aromatic heterocycles. The van der Waals surface area contributed by atoms with Crippen LogP contribution in [0.4, 0.5) is 0 Å². The maximum absolute atomic E-state index is 11.8. The normalized spacial score (nSPS) is 13.8. The number of likely N-dealkylation sites (N-methyl/N-ethyl adjacent to an activating group) is 1. The van der Waals surface area contributed by atoms with E-state index in [9.17, 15) is 4.79 Å². The predicted octanol–water partition coefficient (Wildman–Crippen LogP) is 2.44. The first-order valence-corrected chi connectivity index (χ1v) is 5.75. The van der Waals surface area contributed by atoms with Gasteiger partial charge in [-0.15, -0.1) is 0 Å². The van der Waals surface area contributed by atoms with Crippen LogP contribution in [0.5, 0.6) is 0 Å². The van der Waals surface area contributed by atoms with Gasteiger partial charge in [-0.25, -0.2) is 0 Å². The quantitative estimate of drug-likeness (QED) is 0.757. The molecule has 1 aromatic rings. The van der Waals surface area contributed by atoms with Gasteiger partial charge in [-0.05, 0) is 46.9 Å². The maximum atomic E-state index is 11.8. The van der Waals surface area contributed by atoms with Crippen LogP contribution >= 0.6 is 0 Å². The van der Waals surface area contributed by atoms with Gasteiger partial charge in [-0.1, -0.05) is 0 Å². The Morgan fingerprint density at radius 2 is 2.18 bits per heavy atom. The van der Waals surface area contributed by atoms with Crippen molar-refractivity contribution in [3.8, 4) is 0 Å². The van der Waals surface area contributed by atoms with E-state index in [1.165, 1.54) is 0 Å². The summed E-state index contributed by atoms with van der Waals surface area (Å²) in [5, 5.41) is 0. The van der Waals surface area contributed by atoms with E-state index in [0.29, 0.717) is 6.54 Å². The minimum atomic E-state index is -0.448. The third kappa shape index (κ3) is 4.61. The van der Waals surface area contributed by atoms with Gasteiger partial charge in [-0.2, -0.15) is 0 Å². The van der Waals surface area contributed by atoms with E-state index in [2.05, 4.69) is 0 Å². The number of furan rings is 1. The molecule has 0 saturated heterocycles. The topological polar surface area (TPSA) is 42.7 Å². The number of hydrogen-bond donors (Lipinski definition) is 0. The summed E-state index contributed by atoms with van der Waals surface area (Å²) in [5.74, 6) is 0.620. The van der Waals surface area contributed by atoms with Crippen LogP contribution in [-0.2, 0) is 16.1 Å². The fraction of sp³-hybridized carbons (Fsp3) is 0.615. The van der Waals surface area contributed by atoms with Gasteiger partial charge in [0.05, 0.1) is 12.8 Å². The molecule has 17 heavy (non-hydrogen) atoms. The largest absolute Gasteiger partial charge is 0.468 e. The van der Waals surface area contributed by atoms with Crippen LogP contribution < -0.4 is 0 Å². The van der Waals surface area contributed by atoms with Crippen LogP contribution in [0.2, 0.25) is 0 Å². The summed E-state index contributed by atoms with van der Waals surface area (Å²) >= 11 is 0. The summed E-state index contributed by atoms with van der Waals surface area (Å²) in [6, 6.07) is 3.43. The lowest BCUT2D eigenvalue weighted by atomic mass is 10.2. The highest BCUT2D eigenvalue weighted by atomic mass is 16.6. The van der Waals surface area contributed by atoms with Crippen molar-refractivity contribution >= 4 is 5.97 Å². The zero-order chi connectivity index (χ0) is 13.1. The van der Waals surface area contributed by atoms with Crippen molar-refractivity contribution in [1.82, 2.24) is 4.90 Å². The first-order chi connectivity index (χ1) is 7.79. The molecule has 0 spiro atoms. The third-order valence-corrected chi connectivity index (χ3v) is 2.39. The number of nitrogens with zero attached hydrogens (tertiary/aromatic N) is 1. The second kappa shape index (κ2) is 5.36. The number of esters is 1. The molecule has 0 aromatic carbocycles. The smallest absolute Gasteiger partial charge is 0.323 e. The van der Waals surface area contributed by atoms with Crippen molar-refractivity contribution in [2.75, 3.05) is 7.05 Å². The Labute approximate surface area is 103 Å². The van der Waals surface area contributed by atoms with Crippen molar-refractivity contribution in [2.45, 2.75) is 45.9 Å². The minimum absolute atomic E-state index is 0.216. The standard InChI is InChI=1S/C13H21NO3/c1-10(12(15)17-13(2,3)4)14(5)9-11-7-6-8-16-11/h6-8,10H,9H2,1-5H3. The fourth-order valence-corrected chi connectivity index (χ4v) is 1.35. The highest BCUT2D eigenvalue weighted by Crippen LogP contribution is 2.12. The van der Waals surface area contributed by atoms with E-state index in [1.54, 1.807) is 6.26 Å². The first kappa shape index (κ1) is 13.8. The average Bonchev–Trinajstić information content (AvgIpc) is 2.66. The van der Waals surface area contributed by atoms with E-state index < -0.39 is 5.60 Å². The molecule has 0 radical (unpaired) electrons. The van der Waals surface area contributed by atoms with Crippen molar-refractivity contribution in [3.63, 3.8) is 0 Å². The Balaban J connectivity index is 2.51. The summed E-state index contributed by atoms with van der Waals surface area (Å²) < 4.78 is 10.6. The van der Waals surface area contributed by atoms with E-state index in [1.807, 2.05) is 51.8 Å². The van der Waals surface area contributed by atoms with Crippen molar-refractivity contribution in [2.24, 2.45) is 0 Å². The average molecular weight is 239 g/mol. The second-order valence-electron chi connectivity index (χ2n) is 5.20. The highest BCUT2D eigenvalue weighted by molar-refractivity contribution is 5.75. The zero-order valence-electron chi connectivity index (χ0n) is 11.2. The minimum Gasteiger partial charge on any atom is -0.468 e. The third-order valence-electron chi connectivity index (χ3n) is 2.39. The van der Waals surface area contributed by atoms with Gasteiger partial charge in [0.15, 0.2) is 0 Å². The van der Waals surface area contributed by atoms with Gasteiger partial charge < -0.3 is 9.15 Å². The Bertz CT molecular complexity index is 351. The molecular formula is C13H21NO3. The zero-order valence-corrected chi connectivity index (χ0v) is 11.2. The predicted molar refractivity (Wildman–Crippen MR) is 65.5 cm³/mol. The molecule has 4 heteroatoms. The van der Waals surface area contributed by atoms with Crippen LogP contribution in [0.1, 0.15) is 33.5 Å². The van der Waals surface area contributed by atoms with Crippen LogP contribution in [0.25, 0.3) is 0 Å². The highest BCUT2D eigenvalue weighted by Gasteiger charge is 2.24. The molecular weight excluding hydrogens is 218 g/mol. The Morgan fingerprint density at radius 3 is 2.65 bits per heavy atom. The Kier molecular flexibility index (Phi) is 4.34. The van der Waals surface area contributed by atoms with Gasteiger partial charge in [0.25, 0.3) is 0 Å². The molecule has 96 valence electrons. The summed E-state index contributed by atoms with van der Waals surface area (Å²) in [6.07, 6.45) is 1.63. The number of carbonyl (C=O) groups excluding carboxylic acids is 1. The van der Waals surface area contributed by atoms with Crippen LogP contribution in [-0.4, -0.2) is 29.6 Å². The first-order valence-electron chi connectivity index (χ1n) is 5.75. The summed E-state index contributed by atoms with van der Waals surface area (Å²) in [6.45, 7) is 8.02. The lowest BCUT2D eigenvalue weighted by Gasteiger charge is -2.26. The number of carbonyl (C=O) groups is 1. The van der Waals surface area contributed by atoms with Crippen LogP contribution in [0.15, 0.2) is 22.8 Å². The lowest BCUT2D eigenvalue weighted by Crippen LogP contribution is -2.40. The molecule has 0 saturated carbocycles. The van der Waals surface area contributed by atoms with Crippen LogP contribution in [0.3, 0.4) is 0 Å². The van der Waals surface area contributed by atoms with Crippen molar-refractivity contribution in [1.29, 1.82) is 0 Å². The number of rotatable bonds is 4. The molecule has 0 aliphatic rings. The summed E-state index contributed by atoms with van der Waals surface area (Å²) in [5.41, 5.74) is -0.448. The Morgan fingerprint density at radius 1 is 1.53 bits per heavy atom. The van der Waals surface area contributed by atoms with Gasteiger partial charge in [0.2, 0.25) is 0 Å². The maximum Gasteiger partial charge on any atom is 0.323 e. The molecule has 4 nitrogen and oxygen atoms in total. The fourth-order valence-electron chi connectivity index (χ4n) is 1.35. The molecule has 0 N–H and O–H groups in total. The van der Waals surface area contributed by atoms with Crippen molar-refractivity contribution < 1.29 is 13.9 Å². The molecule has 1 heterocycles. The monoisotopic (exact) mass is 239 g/mol. The van der Waals surface area contributed by atoms with E-state index >= 15 is 0 Å². The van der Waals surface area contributed by atoms with E-state index in [4.69, 9.17) is 9.15 Å². The van der Waals surface area contributed by atoms with E-state index in [-0.39, 0.29) is 12.0 Å². The van der Waals surface area contributed by atoms with Gasteiger partial charge in [-0.3, -0.25) is 9.69 Å². The summed E-state index contributed by atoms with van der Waals surface area (Å²) in [4.78, 5) is 13.7. The van der Waals surface area contributed by atoms with Gasteiger partial charge >= 0.3 is 5.97 Å². The van der Waals surface area contributed by atoms with Crippen LogP contribution in [0, 0.1) is 0 Å². The SMILES string of the molecule is CC(C(=O)OC(C)(C)C)N(C)Cc1ccco1. The second-order valence-corrected chi connectivity index (χ2v) is 5.20. The molecule has 1 rings (SSSR count). The molecule has 0 aliphatic heterocycles. The van der Waals surface area contributed by atoms with Gasteiger partial charge in [0, 0.05) is 0 Å². The lowest BCUT2D eigenvalue weighted by molar-refractivity contribution is -0.160. The molecule has 1 unspecified atom stereocenters. The van der Waals surface area contributed by atoms with Crippen molar-refractivity contribution in [3.05, 3.63) is 24.2 Å². The van der Waals surface area contributed by atoms with Gasteiger partial charge in [0.1, 0.15) is 17.4 Å². The summed E-state index contributed by atoms with van der Waals surface area (Å²) in [7, 11) is 1.87.